The molecule has 0 saturated carbocycles. The third-order valence-corrected chi connectivity index (χ3v) is 5.81. The fourth-order valence-corrected chi connectivity index (χ4v) is 4.47. The van der Waals surface area contributed by atoms with Gasteiger partial charge < -0.3 is 4.90 Å². The van der Waals surface area contributed by atoms with E-state index in [-0.39, 0.29) is 17.1 Å². The van der Waals surface area contributed by atoms with Gasteiger partial charge in [-0.15, -0.1) is 0 Å². The van der Waals surface area contributed by atoms with Gasteiger partial charge in [0.05, 0.1) is 5.69 Å². The highest BCUT2D eigenvalue weighted by atomic mass is 79.9. The molecule has 1 unspecified atom stereocenters. The zero-order valence-corrected chi connectivity index (χ0v) is 16.5. The molecule has 3 amide bonds. The SMILES string of the molecule is Cc1cc(N2C(=O)N3CCCC3(Cc3ccc(Br)cc3)C2=O)cc(Cl)n1. The van der Waals surface area contributed by atoms with E-state index in [2.05, 4.69) is 20.9 Å². The van der Waals surface area contributed by atoms with Crippen molar-refractivity contribution in [3.8, 4) is 0 Å². The van der Waals surface area contributed by atoms with Crippen LogP contribution in [0.25, 0.3) is 0 Å². The zero-order chi connectivity index (χ0) is 18.5. The molecule has 3 heterocycles. The second kappa shape index (κ2) is 6.35. The van der Waals surface area contributed by atoms with Gasteiger partial charge in [0.2, 0.25) is 0 Å². The van der Waals surface area contributed by atoms with E-state index in [9.17, 15) is 9.59 Å². The molecule has 0 radical (unpaired) electrons. The number of nitrogens with zero attached hydrogens (tertiary/aromatic N) is 3. The first kappa shape index (κ1) is 17.5. The van der Waals surface area contributed by atoms with Crippen LogP contribution in [0.4, 0.5) is 10.5 Å². The van der Waals surface area contributed by atoms with E-state index in [1.165, 1.54) is 4.90 Å². The number of amides is 3. The van der Waals surface area contributed by atoms with Crippen LogP contribution in [0.15, 0.2) is 40.9 Å². The van der Waals surface area contributed by atoms with Gasteiger partial charge in [-0.2, -0.15) is 0 Å². The molecule has 5 nitrogen and oxygen atoms in total. The van der Waals surface area contributed by atoms with Crippen molar-refractivity contribution in [1.82, 2.24) is 9.88 Å². The number of imide groups is 1. The van der Waals surface area contributed by atoms with Gasteiger partial charge in [-0.1, -0.05) is 39.7 Å². The molecular formula is C19H17BrClN3O2. The maximum absolute atomic E-state index is 13.4. The van der Waals surface area contributed by atoms with Crippen LogP contribution in [-0.4, -0.2) is 33.9 Å². The summed E-state index contributed by atoms with van der Waals surface area (Å²) in [6, 6.07) is 10.9. The van der Waals surface area contributed by atoms with Crippen molar-refractivity contribution in [3.63, 3.8) is 0 Å². The van der Waals surface area contributed by atoms with Crippen molar-refractivity contribution < 1.29 is 9.59 Å². The first-order valence-corrected chi connectivity index (χ1v) is 9.63. The number of carbonyl (C=O) groups is 2. The first-order valence-electron chi connectivity index (χ1n) is 8.45. The number of pyridine rings is 1. The maximum Gasteiger partial charge on any atom is 0.332 e. The molecule has 1 aromatic carbocycles. The third kappa shape index (κ3) is 2.72. The lowest BCUT2D eigenvalue weighted by Gasteiger charge is -2.28. The van der Waals surface area contributed by atoms with Crippen LogP contribution in [0.5, 0.6) is 0 Å². The minimum atomic E-state index is -0.811. The number of halogens is 2. The summed E-state index contributed by atoms with van der Waals surface area (Å²) in [5, 5.41) is 0.273. The molecule has 0 N–H and O–H groups in total. The van der Waals surface area contributed by atoms with Crippen LogP contribution in [0.2, 0.25) is 5.15 Å². The minimum absolute atomic E-state index is 0.176. The second-order valence-corrected chi connectivity index (χ2v) is 8.11. The monoisotopic (exact) mass is 433 g/mol. The Balaban J connectivity index is 1.74. The quantitative estimate of drug-likeness (QED) is 0.533. The number of benzene rings is 1. The van der Waals surface area contributed by atoms with Gasteiger partial charge in [0, 0.05) is 23.1 Å². The van der Waals surface area contributed by atoms with Crippen molar-refractivity contribution in [1.29, 1.82) is 0 Å². The Labute approximate surface area is 165 Å². The molecule has 2 aliphatic heterocycles. The van der Waals surface area contributed by atoms with E-state index in [0.29, 0.717) is 30.8 Å². The molecule has 0 bridgehead atoms. The fraction of sp³-hybridized carbons (Fsp3) is 0.316. The highest BCUT2D eigenvalue weighted by Gasteiger charge is 2.59. The van der Waals surface area contributed by atoms with Crippen molar-refractivity contribution in [3.05, 3.63) is 57.3 Å². The maximum atomic E-state index is 13.4. The Kier molecular flexibility index (Phi) is 4.28. The average molecular weight is 435 g/mol. The molecule has 1 atom stereocenters. The molecule has 4 rings (SSSR count). The van der Waals surface area contributed by atoms with Crippen LogP contribution < -0.4 is 4.90 Å². The lowest BCUT2D eigenvalue weighted by molar-refractivity contribution is -0.123. The molecule has 2 fully saturated rings. The number of aryl methyl sites for hydroxylation is 1. The number of hydrogen-bond donors (Lipinski definition) is 0. The summed E-state index contributed by atoms with van der Waals surface area (Å²) < 4.78 is 0.986. The molecule has 26 heavy (non-hydrogen) atoms. The first-order chi connectivity index (χ1) is 12.4. The number of carbonyl (C=O) groups excluding carboxylic acids is 2. The summed E-state index contributed by atoms with van der Waals surface area (Å²) >= 11 is 9.48. The van der Waals surface area contributed by atoms with Gasteiger partial charge in [0.25, 0.3) is 5.91 Å². The molecule has 1 aromatic heterocycles. The van der Waals surface area contributed by atoms with Crippen LogP contribution in [0, 0.1) is 6.92 Å². The topological polar surface area (TPSA) is 53.5 Å². The largest absolute Gasteiger partial charge is 0.332 e. The van der Waals surface area contributed by atoms with Crippen molar-refractivity contribution in [2.45, 2.75) is 31.7 Å². The summed E-state index contributed by atoms with van der Waals surface area (Å²) in [6.45, 7) is 2.38. The number of rotatable bonds is 3. The fourth-order valence-electron chi connectivity index (χ4n) is 3.96. The number of hydrogen-bond acceptors (Lipinski definition) is 3. The van der Waals surface area contributed by atoms with Crippen molar-refractivity contribution in [2.75, 3.05) is 11.4 Å². The van der Waals surface area contributed by atoms with E-state index in [4.69, 9.17) is 11.6 Å². The lowest BCUT2D eigenvalue weighted by atomic mass is 9.88. The Morgan fingerprint density at radius 2 is 1.96 bits per heavy atom. The number of anilines is 1. The van der Waals surface area contributed by atoms with Crippen LogP contribution in [-0.2, 0) is 11.2 Å². The summed E-state index contributed by atoms with van der Waals surface area (Å²) in [6.07, 6.45) is 2.01. The minimum Gasteiger partial charge on any atom is -0.309 e. The van der Waals surface area contributed by atoms with Crippen LogP contribution in [0.3, 0.4) is 0 Å². The summed E-state index contributed by atoms with van der Waals surface area (Å²) in [4.78, 5) is 33.5. The lowest BCUT2D eigenvalue weighted by Crippen LogP contribution is -2.47. The number of fused-ring (bicyclic) bond motifs is 1. The van der Waals surface area contributed by atoms with Gasteiger partial charge >= 0.3 is 6.03 Å². The van der Waals surface area contributed by atoms with Gasteiger partial charge in [0.1, 0.15) is 10.7 Å². The third-order valence-electron chi connectivity index (χ3n) is 5.09. The summed E-state index contributed by atoms with van der Waals surface area (Å²) in [7, 11) is 0. The van der Waals surface area contributed by atoms with E-state index < -0.39 is 5.54 Å². The van der Waals surface area contributed by atoms with Gasteiger partial charge in [-0.25, -0.2) is 14.7 Å². The highest BCUT2D eigenvalue weighted by molar-refractivity contribution is 9.10. The summed E-state index contributed by atoms with van der Waals surface area (Å²) in [5.74, 6) is -0.176. The predicted octanol–water partition coefficient (Wildman–Crippen LogP) is 4.35. The van der Waals surface area contributed by atoms with Gasteiger partial charge in [-0.3, -0.25) is 4.79 Å². The number of urea groups is 1. The van der Waals surface area contributed by atoms with Crippen LogP contribution >= 0.6 is 27.5 Å². The highest BCUT2D eigenvalue weighted by Crippen LogP contribution is 2.42. The van der Waals surface area contributed by atoms with Crippen LogP contribution in [0.1, 0.15) is 24.1 Å². The van der Waals surface area contributed by atoms with Crippen molar-refractivity contribution >= 4 is 45.2 Å². The normalized spacial score (nSPS) is 22.3. The van der Waals surface area contributed by atoms with E-state index in [0.717, 1.165) is 16.5 Å². The van der Waals surface area contributed by atoms with E-state index in [1.54, 1.807) is 24.0 Å². The number of aromatic nitrogens is 1. The van der Waals surface area contributed by atoms with Gasteiger partial charge in [0.15, 0.2) is 0 Å². The molecule has 0 aliphatic carbocycles. The van der Waals surface area contributed by atoms with E-state index in [1.807, 2.05) is 24.3 Å². The Hall–Kier alpha value is -1.92. The predicted molar refractivity (Wildman–Crippen MR) is 103 cm³/mol. The average Bonchev–Trinajstić information content (AvgIpc) is 3.08. The van der Waals surface area contributed by atoms with Gasteiger partial charge in [-0.05, 0) is 49.6 Å². The Morgan fingerprint density at radius 1 is 1.23 bits per heavy atom. The molecule has 2 saturated heterocycles. The Morgan fingerprint density at radius 3 is 2.65 bits per heavy atom. The molecular weight excluding hydrogens is 418 g/mol. The van der Waals surface area contributed by atoms with Crippen molar-refractivity contribution in [2.24, 2.45) is 0 Å². The van der Waals surface area contributed by atoms with E-state index >= 15 is 0 Å². The summed E-state index contributed by atoms with van der Waals surface area (Å²) in [5.41, 5.74) is 1.38. The second-order valence-electron chi connectivity index (χ2n) is 6.80. The molecule has 2 aromatic rings. The molecule has 134 valence electrons. The smallest absolute Gasteiger partial charge is 0.309 e. The molecule has 2 aliphatic rings. The molecule has 0 spiro atoms. The zero-order valence-electron chi connectivity index (χ0n) is 14.2. The standard InChI is InChI=1S/C19H17BrClN3O2/c1-12-9-15(10-16(21)22-12)24-17(25)19(7-2-8-23(19)18(24)26)11-13-3-5-14(20)6-4-13/h3-6,9-10H,2,7-8,11H2,1H3. The molecule has 7 heteroatoms. The Bertz CT molecular complexity index is 882.